The minimum atomic E-state index is 0.123. The molecule has 0 saturated heterocycles. The lowest BCUT2D eigenvalue weighted by molar-refractivity contribution is 0.590. The average Bonchev–Trinajstić information content (AvgIpc) is 3.14. The molecule has 0 bridgehead atoms. The summed E-state index contributed by atoms with van der Waals surface area (Å²) >= 11 is 0. The Hall–Kier alpha value is -3.20. The second kappa shape index (κ2) is 7.08. The summed E-state index contributed by atoms with van der Waals surface area (Å²) in [4.78, 5) is 0. The van der Waals surface area contributed by atoms with Crippen LogP contribution < -0.4 is 0 Å². The fourth-order valence-electron chi connectivity index (χ4n) is 3.30. The Morgan fingerprint density at radius 1 is 0.643 bits per heavy atom. The van der Waals surface area contributed by atoms with Crippen LogP contribution in [0.15, 0.2) is 78.9 Å². The fraction of sp³-hybridized carbons (Fsp3) is 0.200. The minimum Gasteiger partial charge on any atom is -0.275 e. The molecule has 0 spiro atoms. The SMILES string of the molecule is Cc1ccc(-n2c(-c3ccccc3)nnc2-c2ccc(C(C)(C)C)cc2)cc1. The van der Waals surface area contributed by atoms with Gasteiger partial charge in [0.05, 0.1) is 0 Å². The van der Waals surface area contributed by atoms with E-state index in [1.54, 1.807) is 0 Å². The van der Waals surface area contributed by atoms with Gasteiger partial charge in [0.15, 0.2) is 11.6 Å². The number of aromatic nitrogens is 3. The van der Waals surface area contributed by atoms with Gasteiger partial charge in [-0.3, -0.25) is 4.57 Å². The van der Waals surface area contributed by atoms with E-state index in [9.17, 15) is 0 Å². The van der Waals surface area contributed by atoms with Crippen molar-refractivity contribution in [1.82, 2.24) is 14.8 Å². The van der Waals surface area contributed by atoms with Gasteiger partial charge in [-0.05, 0) is 30.0 Å². The molecule has 0 aliphatic rings. The number of benzene rings is 3. The van der Waals surface area contributed by atoms with Crippen molar-refractivity contribution in [2.45, 2.75) is 33.1 Å². The van der Waals surface area contributed by atoms with Gasteiger partial charge in [-0.1, -0.05) is 93.1 Å². The molecular weight excluding hydrogens is 342 g/mol. The van der Waals surface area contributed by atoms with E-state index in [1.165, 1.54) is 11.1 Å². The standard InChI is InChI=1S/C25H25N3/c1-18-10-16-22(17-11-18)28-23(19-8-6-5-7-9-19)26-27-24(28)20-12-14-21(15-13-20)25(2,3)4/h5-17H,1-4H3. The van der Waals surface area contributed by atoms with E-state index < -0.39 is 0 Å². The highest BCUT2D eigenvalue weighted by Crippen LogP contribution is 2.30. The van der Waals surface area contributed by atoms with E-state index in [2.05, 4.69) is 103 Å². The molecule has 3 heteroatoms. The summed E-state index contributed by atoms with van der Waals surface area (Å²) in [5, 5.41) is 9.11. The minimum absolute atomic E-state index is 0.123. The topological polar surface area (TPSA) is 30.7 Å². The quantitative estimate of drug-likeness (QED) is 0.431. The van der Waals surface area contributed by atoms with E-state index in [0.717, 1.165) is 28.5 Å². The van der Waals surface area contributed by atoms with Gasteiger partial charge in [-0.25, -0.2) is 0 Å². The molecule has 0 amide bonds. The molecule has 0 atom stereocenters. The van der Waals surface area contributed by atoms with Crippen LogP contribution in [0.2, 0.25) is 0 Å². The van der Waals surface area contributed by atoms with Gasteiger partial charge in [-0.15, -0.1) is 10.2 Å². The van der Waals surface area contributed by atoms with Gasteiger partial charge >= 0.3 is 0 Å². The van der Waals surface area contributed by atoms with Crippen molar-refractivity contribution < 1.29 is 0 Å². The van der Waals surface area contributed by atoms with Crippen molar-refractivity contribution in [2.24, 2.45) is 0 Å². The molecule has 0 unspecified atom stereocenters. The van der Waals surface area contributed by atoms with Gasteiger partial charge in [0.1, 0.15) is 0 Å². The Morgan fingerprint density at radius 2 is 1.18 bits per heavy atom. The lowest BCUT2D eigenvalue weighted by Gasteiger charge is -2.19. The summed E-state index contributed by atoms with van der Waals surface area (Å²) in [6.07, 6.45) is 0. The molecular formula is C25H25N3. The summed E-state index contributed by atoms with van der Waals surface area (Å²) in [6.45, 7) is 8.78. The first-order valence-corrected chi connectivity index (χ1v) is 9.62. The molecule has 1 aromatic heterocycles. The summed E-state index contributed by atoms with van der Waals surface area (Å²) in [7, 11) is 0. The molecule has 0 aliphatic carbocycles. The van der Waals surface area contributed by atoms with Gasteiger partial charge < -0.3 is 0 Å². The number of hydrogen-bond acceptors (Lipinski definition) is 2. The number of aryl methyl sites for hydroxylation is 1. The fourth-order valence-corrected chi connectivity index (χ4v) is 3.30. The van der Waals surface area contributed by atoms with Crippen LogP contribution >= 0.6 is 0 Å². The van der Waals surface area contributed by atoms with Crippen LogP contribution in [-0.4, -0.2) is 14.8 Å². The van der Waals surface area contributed by atoms with Gasteiger partial charge in [0.2, 0.25) is 0 Å². The monoisotopic (exact) mass is 367 g/mol. The first kappa shape index (κ1) is 18.2. The van der Waals surface area contributed by atoms with Crippen LogP contribution in [-0.2, 0) is 5.41 Å². The van der Waals surface area contributed by atoms with Gasteiger partial charge in [0, 0.05) is 16.8 Å². The first-order valence-electron chi connectivity index (χ1n) is 9.62. The maximum atomic E-state index is 4.57. The molecule has 140 valence electrons. The molecule has 4 rings (SSSR count). The van der Waals surface area contributed by atoms with Crippen molar-refractivity contribution in [3.63, 3.8) is 0 Å². The Balaban J connectivity index is 1.88. The lowest BCUT2D eigenvalue weighted by atomic mass is 9.86. The van der Waals surface area contributed by atoms with Crippen molar-refractivity contribution in [3.05, 3.63) is 90.0 Å². The predicted molar refractivity (Wildman–Crippen MR) is 116 cm³/mol. The third kappa shape index (κ3) is 3.48. The summed E-state index contributed by atoms with van der Waals surface area (Å²) < 4.78 is 2.14. The Kier molecular flexibility index (Phi) is 4.60. The van der Waals surface area contributed by atoms with E-state index in [0.29, 0.717) is 0 Å². The maximum Gasteiger partial charge on any atom is 0.168 e. The molecule has 3 aromatic carbocycles. The van der Waals surface area contributed by atoms with Crippen LogP contribution in [0.1, 0.15) is 31.9 Å². The summed E-state index contributed by atoms with van der Waals surface area (Å²) in [5.74, 6) is 1.70. The van der Waals surface area contributed by atoms with Gasteiger partial charge in [-0.2, -0.15) is 0 Å². The zero-order valence-corrected chi connectivity index (χ0v) is 16.8. The Morgan fingerprint density at radius 3 is 1.71 bits per heavy atom. The average molecular weight is 367 g/mol. The zero-order chi connectivity index (χ0) is 19.7. The number of rotatable bonds is 3. The summed E-state index contributed by atoms with van der Waals surface area (Å²) in [5.41, 5.74) is 5.83. The van der Waals surface area contributed by atoms with Crippen LogP contribution in [0.5, 0.6) is 0 Å². The molecule has 28 heavy (non-hydrogen) atoms. The van der Waals surface area contributed by atoms with E-state index in [-0.39, 0.29) is 5.41 Å². The van der Waals surface area contributed by atoms with Crippen LogP contribution in [0.25, 0.3) is 28.5 Å². The molecule has 4 aromatic rings. The van der Waals surface area contributed by atoms with Crippen LogP contribution in [0.3, 0.4) is 0 Å². The third-order valence-electron chi connectivity index (χ3n) is 5.00. The van der Waals surface area contributed by atoms with Gasteiger partial charge in [0.25, 0.3) is 0 Å². The second-order valence-corrected chi connectivity index (χ2v) is 8.21. The molecule has 1 heterocycles. The molecule has 0 aliphatic heterocycles. The van der Waals surface area contributed by atoms with Crippen molar-refractivity contribution >= 4 is 0 Å². The largest absolute Gasteiger partial charge is 0.275 e. The van der Waals surface area contributed by atoms with Crippen LogP contribution in [0.4, 0.5) is 0 Å². The zero-order valence-electron chi connectivity index (χ0n) is 16.8. The van der Waals surface area contributed by atoms with Crippen molar-refractivity contribution in [2.75, 3.05) is 0 Å². The molecule has 0 saturated carbocycles. The highest BCUT2D eigenvalue weighted by molar-refractivity contribution is 5.67. The molecule has 0 N–H and O–H groups in total. The number of nitrogens with zero attached hydrogens (tertiary/aromatic N) is 3. The Labute approximate surface area is 166 Å². The summed E-state index contributed by atoms with van der Waals surface area (Å²) in [6, 6.07) is 27.4. The predicted octanol–water partition coefficient (Wildman–Crippen LogP) is 6.21. The number of hydrogen-bond donors (Lipinski definition) is 0. The first-order chi connectivity index (χ1) is 13.4. The lowest BCUT2D eigenvalue weighted by Crippen LogP contribution is -2.10. The van der Waals surface area contributed by atoms with E-state index in [1.807, 2.05) is 18.2 Å². The molecule has 0 fully saturated rings. The maximum absolute atomic E-state index is 4.57. The highest BCUT2D eigenvalue weighted by atomic mass is 15.3. The second-order valence-electron chi connectivity index (χ2n) is 8.21. The third-order valence-corrected chi connectivity index (χ3v) is 5.00. The van der Waals surface area contributed by atoms with E-state index >= 15 is 0 Å². The smallest absolute Gasteiger partial charge is 0.168 e. The van der Waals surface area contributed by atoms with Crippen molar-refractivity contribution in [1.29, 1.82) is 0 Å². The molecule has 3 nitrogen and oxygen atoms in total. The highest BCUT2D eigenvalue weighted by Gasteiger charge is 2.18. The van der Waals surface area contributed by atoms with Crippen LogP contribution in [0, 0.1) is 6.92 Å². The molecule has 0 radical (unpaired) electrons. The Bertz CT molecular complexity index is 1070. The van der Waals surface area contributed by atoms with E-state index in [4.69, 9.17) is 0 Å². The van der Waals surface area contributed by atoms with Crippen molar-refractivity contribution in [3.8, 4) is 28.5 Å². The normalized spacial score (nSPS) is 11.6.